The maximum Gasteiger partial charge on any atom is 0.0762 e. The Labute approximate surface area is 108 Å². The fourth-order valence-corrected chi connectivity index (χ4v) is 2.87. The van der Waals surface area contributed by atoms with Crippen LogP contribution in [0.25, 0.3) is 10.9 Å². The molecule has 2 N–H and O–H groups in total. The van der Waals surface area contributed by atoms with Crippen molar-refractivity contribution in [2.24, 2.45) is 0 Å². The summed E-state index contributed by atoms with van der Waals surface area (Å²) in [6, 6.07) is 8.17. The molecule has 1 aliphatic heterocycles. The van der Waals surface area contributed by atoms with E-state index in [4.69, 9.17) is 10.5 Å². The molecule has 0 bridgehead atoms. The van der Waals surface area contributed by atoms with E-state index in [1.807, 2.05) is 12.1 Å². The number of anilines is 1. The minimum absolute atomic E-state index is 0.0270. The van der Waals surface area contributed by atoms with E-state index in [2.05, 4.69) is 36.7 Å². The molecule has 3 heteroatoms. The lowest BCUT2D eigenvalue weighted by atomic mass is 10.1. The third-order valence-corrected chi connectivity index (χ3v) is 3.77. The summed E-state index contributed by atoms with van der Waals surface area (Å²) in [7, 11) is 0. The van der Waals surface area contributed by atoms with Crippen LogP contribution in [0, 0.1) is 0 Å². The van der Waals surface area contributed by atoms with Crippen molar-refractivity contribution in [3.8, 4) is 0 Å². The van der Waals surface area contributed by atoms with Crippen molar-refractivity contribution < 1.29 is 4.74 Å². The van der Waals surface area contributed by atoms with E-state index in [0.29, 0.717) is 6.10 Å². The fourth-order valence-electron chi connectivity index (χ4n) is 2.87. The molecule has 1 unspecified atom stereocenters. The van der Waals surface area contributed by atoms with Crippen molar-refractivity contribution in [2.45, 2.75) is 44.9 Å². The molecule has 96 valence electrons. The Morgan fingerprint density at radius 1 is 1.39 bits per heavy atom. The highest BCUT2D eigenvalue weighted by Crippen LogP contribution is 2.31. The van der Waals surface area contributed by atoms with Gasteiger partial charge in [-0.3, -0.25) is 0 Å². The van der Waals surface area contributed by atoms with Crippen LogP contribution in [0.15, 0.2) is 30.5 Å². The summed E-state index contributed by atoms with van der Waals surface area (Å²) in [6.45, 7) is 5.21. The van der Waals surface area contributed by atoms with Gasteiger partial charge in [-0.2, -0.15) is 0 Å². The molecule has 1 fully saturated rings. The first-order valence-electron chi connectivity index (χ1n) is 6.56. The lowest BCUT2D eigenvalue weighted by molar-refractivity contribution is -0.0212. The van der Waals surface area contributed by atoms with Gasteiger partial charge in [0.1, 0.15) is 0 Å². The number of benzene rings is 1. The average Bonchev–Trinajstić information content (AvgIpc) is 2.85. The number of rotatable bonds is 2. The summed E-state index contributed by atoms with van der Waals surface area (Å²) in [4.78, 5) is 0. The Morgan fingerprint density at radius 2 is 2.22 bits per heavy atom. The van der Waals surface area contributed by atoms with Gasteiger partial charge in [-0.05, 0) is 38.8 Å². The first-order chi connectivity index (χ1) is 8.55. The van der Waals surface area contributed by atoms with Crippen LogP contribution in [0.4, 0.5) is 5.69 Å². The van der Waals surface area contributed by atoms with Crippen molar-refractivity contribution in [3.05, 3.63) is 30.5 Å². The number of nitrogens with two attached hydrogens (primary N) is 1. The molecule has 0 aliphatic carbocycles. The molecule has 0 amide bonds. The molecule has 0 radical (unpaired) electrons. The van der Waals surface area contributed by atoms with Gasteiger partial charge in [0.2, 0.25) is 0 Å². The zero-order valence-electron chi connectivity index (χ0n) is 11.0. The van der Waals surface area contributed by atoms with Crippen LogP contribution in [-0.4, -0.2) is 16.3 Å². The van der Waals surface area contributed by atoms with Crippen molar-refractivity contribution in [1.82, 2.24) is 4.57 Å². The topological polar surface area (TPSA) is 40.2 Å². The minimum atomic E-state index is 0.0270. The highest BCUT2D eigenvalue weighted by molar-refractivity contribution is 5.90. The number of hydrogen-bond donors (Lipinski definition) is 1. The van der Waals surface area contributed by atoms with Crippen LogP contribution in [-0.2, 0) is 11.3 Å². The molecule has 3 nitrogen and oxygen atoms in total. The van der Waals surface area contributed by atoms with E-state index in [9.17, 15) is 0 Å². The van der Waals surface area contributed by atoms with Crippen LogP contribution >= 0.6 is 0 Å². The molecule has 0 saturated carbocycles. The summed E-state index contributed by atoms with van der Waals surface area (Å²) in [5.74, 6) is 0. The number of aromatic nitrogens is 1. The Hall–Kier alpha value is -1.48. The Bertz CT molecular complexity index is 571. The van der Waals surface area contributed by atoms with Gasteiger partial charge in [0.15, 0.2) is 0 Å². The van der Waals surface area contributed by atoms with Crippen molar-refractivity contribution in [3.63, 3.8) is 0 Å². The lowest BCUT2D eigenvalue weighted by Gasteiger charge is -2.20. The van der Waals surface area contributed by atoms with Gasteiger partial charge < -0.3 is 15.0 Å². The van der Waals surface area contributed by atoms with Gasteiger partial charge >= 0.3 is 0 Å². The van der Waals surface area contributed by atoms with E-state index in [0.717, 1.165) is 30.6 Å². The maximum atomic E-state index is 6.07. The predicted octanol–water partition coefficient (Wildman–Crippen LogP) is 3.18. The number of ether oxygens (including phenoxy) is 1. The molecule has 18 heavy (non-hydrogen) atoms. The molecule has 1 saturated heterocycles. The molecule has 1 aliphatic rings. The van der Waals surface area contributed by atoms with E-state index in [1.165, 1.54) is 5.39 Å². The van der Waals surface area contributed by atoms with Crippen LogP contribution in [0.3, 0.4) is 0 Å². The second kappa shape index (κ2) is 4.02. The number of para-hydroxylation sites is 1. The largest absolute Gasteiger partial charge is 0.397 e. The average molecular weight is 244 g/mol. The summed E-state index contributed by atoms with van der Waals surface area (Å²) in [5.41, 5.74) is 8.07. The number of nitrogen functional groups attached to an aromatic ring is 1. The van der Waals surface area contributed by atoms with Gasteiger partial charge in [-0.25, -0.2) is 0 Å². The molecule has 1 aromatic carbocycles. The zero-order chi connectivity index (χ0) is 12.8. The van der Waals surface area contributed by atoms with Gasteiger partial charge in [-0.15, -0.1) is 0 Å². The smallest absolute Gasteiger partial charge is 0.0762 e. The van der Waals surface area contributed by atoms with Gasteiger partial charge in [0.25, 0.3) is 0 Å². The van der Waals surface area contributed by atoms with E-state index in [1.54, 1.807) is 0 Å². The molecule has 1 atom stereocenters. The predicted molar refractivity (Wildman–Crippen MR) is 74.5 cm³/mol. The first kappa shape index (κ1) is 11.6. The molecular formula is C15H20N2O. The number of nitrogens with zero attached hydrogens (tertiary/aromatic N) is 1. The van der Waals surface area contributed by atoms with Gasteiger partial charge in [0, 0.05) is 18.1 Å². The van der Waals surface area contributed by atoms with Crippen molar-refractivity contribution in [2.75, 3.05) is 5.73 Å². The molecule has 2 heterocycles. The Kier molecular flexibility index (Phi) is 2.59. The summed E-state index contributed by atoms with van der Waals surface area (Å²) in [6.07, 6.45) is 4.66. The van der Waals surface area contributed by atoms with Crippen LogP contribution in [0.1, 0.15) is 26.7 Å². The molecular weight excluding hydrogens is 224 g/mol. The highest BCUT2D eigenvalue weighted by atomic mass is 16.5. The van der Waals surface area contributed by atoms with E-state index < -0.39 is 0 Å². The zero-order valence-corrected chi connectivity index (χ0v) is 11.0. The van der Waals surface area contributed by atoms with E-state index in [-0.39, 0.29) is 5.60 Å². The van der Waals surface area contributed by atoms with Crippen LogP contribution in [0.2, 0.25) is 0 Å². The van der Waals surface area contributed by atoms with Gasteiger partial charge in [-0.1, -0.05) is 12.1 Å². The fraction of sp³-hybridized carbons (Fsp3) is 0.467. The van der Waals surface area contributed by atoms with Crippen LogP contribution < -0.4 is 5.73 Å². The van der Waals surface area contributed by atoms with Gasteiger partial charge in [0.05, 0.1) is 22.9 Å². The monoisotopic (exact) mass is 244 g/mol. The first-order valence-corrected chi connectivity index (χ1v) is 6.56. The van der Waals surface area contributed by atoms with E-state index >= 15 is 0 Å². The summed E-state index contributed by atoms with van der Waals surface area (Å²) in [5, 5.41) is 1.20. The second-order valence-corrected chi connectivity index (χ2v) is 5.79. The quantitative estimate of drug-likeness (QED) is 0.824. The Balaban J connectivity index is 1.88. The van der Waals surface area contributed by atoms with Crippen molar-refractivity contribution in [1.29, 1.82) is 0 Å². The second-order valence-electron chi connectivity index (χ2n) is 5.79. The molecule has 1 aromatic heterocycles. The lowest BCUT2D eigenvalue weighted by Crippen LogP contribution is -2.22. The summed E-state index contributed by atoms with van der Waals surface area (Å²) < 4.78 is 8.27. The standard InChI is InChI=1S/C15H20N2O/c1-15(2)8-6-12(18-15)10-17-9-7-11-4-3-5-13(16)14(11)17/h3-5,7,9,12H,6,8,10,16H2,1-2H3. The normalized spacial score (nSPS) is 22.7. The van der Waals surface area contributed by atoms with Crippen LogP contribution in [0.5, 0.6) is 0 Å². The molecule has 3 rings (SSSR count). The highest BCUT2D eigenvalue weighted by Gasteiger charge is 2.31. The van der Waals surface area contributed by atoms with Crippen molar-refractivity contribution >= 4 is 16.6 Å². The Morgan fingerprint density at radius 3 is 2.94 bits per heavy atom. The summed E-state index contributed by atoms with van der Waals surface area (Å²) >= 11 is 0. The number of hydrogen-bond acceptors (Lipinski definition) is 2. The maximum absolute atomic E-state index is 6.07. The molecule has 2 aromatic rings. The number of fused-ring (bicyclic) bond motifs is 1. The third kappa shape index (κ3) is 1.99. The molecule has 0 spiro atoms. The third-order valence-electron chi connectivity index (χ3n) is 3.77. The SMILES string of the molecule is CC1(C)CCC(Cn2ccc3cccc(N)c32)O1. The minimum Gasteiger partial charge on any atom is -0.397 e.